The second-order valence-electron chi connectivity index (χ2n) is 7.26. The summed E-state index contributed by atoms with van der Waals surface area (Å²) in [5.74, 6) is 0.00502. The Hall–Kier alpha value is -2.95. The van der Waals surface area contributed by atoms with Crippen molar-refractivity contribution in [2.75, 3.05) is 5.32 Å². The number of hydrogen-bond acceptors (Lipinski definition) is 2. The van der Waals surface area contributed by atoms with Crippen LogP contribution in [0.15, 0.2) is 61.1 Å². The molecular formula is C21H18FN3O. The van der Waals surface area contributed by atoms with E-state index in [2.05, 4.69) is 39.1 Å². The van der Waals surface area contributed by atoms with E-state index < -0.39 is 0 Å². The summed E-state index contributed by atoms with van der Waals surface area (Å²) >= 11 is 0. The highest BCUT2D eigenvalue weighted by Gasteiger charge is 2.52. The zero-order chi connectivity index (χ0) is 17.7. The van der Waals surface area contributed by atoms with Gasteiger partial charge in [-0.3, -0.25) is 4.79 Å². The van der Waals surface area contributed by atoms with Gasteiger partial charge >= 0.3 is 0 Å². The van der Waals surface area contributed by atoms with Crippen LogP contribution in [0, 0.1) is 11.7 Å². The van der Waals surface area contributed by atoms with E-state index in [-0.39, 0.29) is 17.3 Å². The predicted octanol–water partition coefficient (Wildman–Crippen LogP) is 4.19. The van der Waals surface area contributed by atoms with Gasteiger partial charge in [-0.1, -0.05) is 24.3 Å². The van der Waals surface area contributed by atoms with E-state index in [9.17, 15) is 9.18 Å². The highest BCUT2D eigenvalue weighted by atomic mass is 19.1. The van der Waals surface area contributed by atoms with Gasteiger partial charge in [-0.25, -0.2) is 9.37 Å². The summed E-state index contributed by atoms with van der Waals surface area (Å²) in [6, 6.07) is 14.3. The summed E-state index contributed by atoms with van der Waals surface area (Å²) in [5.41, 5.74) is 4.33. The average molecular weight is 347 g/mol. The van der Waals surface area contributed by atoms with Crippen LogP contribution in [0.1, 0.15) is 24.8 Å². The fourth-order valence-corrected chi connectivity index (χ4v) is 4.54. The zero-order valence-corrected chi connectivity index (χ0v) is 14.2. The minimum atomic E-state index is -0.306. The predicted molar refractivity (Wildman–Crippen MR) is 97.1 cm³/mol. The van der Waals surface area contributed by atoms with Gasteiger partial charge in [0.05, 0.1) is 23.8 Å². The van der Waals surface area contributed by atoms with Crippen LogP contribution in [0.25, 0.3) is 11.3 Å². The molecule has 3 aromatic rings. The zero-order valence-electron chi connectivity index (χ0n) is 14.2. The summed E-state index contributed by atoms with van der Waals surface area (Å²) in [4.78, 5) is 16.6. The number of amides is 1. The van der Waals surface area contributed by atoms with Crippen molar-refractivity contribution in [2.24, 2.45) is 5.92 Å². The molecule has 0 unspecified atom stereocenters. The van der Waals surface area contributed by atoms with Gasteiger partial charge in [0.1, 0.15) is 5.82 Å². The number of imidazole rings is 1. The van der Waals surface area contributed by atoms with E-state index in [0.29, 0.717) is 18.0 Å². The van der Waals surface area contributed by atoms with Crippen LogP contribution in [-0.2, 0) is 10.3 Å². The largest absolute Gasteiger partial charge is 0.326 e. The number of fused-ring (bicyclic) bond motifs is 5. The number of rotatable bonds is 3. The Morgan fingerprint density at radius 3 is 2.77 bits per heavy atom. The highest BCUT2D eigenvalue weighted by molar-refractivity contribution is 5.91. The first-order valence-corrected chi connectivity index (χ1v) is 8.84. The molecule has 1 aromatic heterocycles. The molecular weight excluding hydrogens is 329 g/mol. The summed E-state index contributed by atoms with van der Waals surface area (Å²) in [7, 11) is 0. The van der Waals surface area contributed by atoms with E-state index in [4.69, 9.17) is 0 Å². The number of nitrogens with one attached hydrogen (secondary N) is 1. The molecule has 1 saturated carbocycles. The van der Waals surface area contributed by atoms with Crippen molar-refractivity contribution in [1.82, 2.24) is 9.55 Å². The van der Waals surface area contributed by atoms with Crippen molar-refractivity contribution < 1.29 is 9.18 Å². The van der Waals surface area contributed by atoms with Crippen molar-refractivity contribution in [3.8, 4) is 11.3 Å². The fourth-order valence-electron chi connectivity index (χ4n) is 4.54. The molecule has 1 aliphatic carbocycles. The molecule has 130 valence electrons. The number of carbonyl (C=O) groups excluding carboxylic acids is 1. The van der Waals surface area contributed by atoms with Crippen molar-refractivity contribution in [3.63, 3.8) is 0 Å². The van der Waals surface area contributed by atoms with Gasteiger partial charge in [0, 0.05) is 17.7 Å². The lowest BCUT2D eigenvalue weighted by atomic mass is 9.64. The quantitative estimate of drug-likeness (QED) is 0.772. The molecule has 2 heterocycles. The number of halogens is 1. The Bertz CT molecular complexity index is 987. The maximum Gasteiger partial charge on any atom is 0.224 e. The molecule has 1 amide bonds. The molecule has 4 nitrogen and oxygen atoms in total. The fraction of sp³-hybridized carbons (Fsp3) is 0.238. The Morgan fingerprint density at radius 1 is 1.19 bits per heavy atom. The topological polar surface area (TPSA) is 46.9 Å². The molecule has 0 saturated heterocycles. The van der Waals surface area contributed by atoms with E-state index in [1.54, 1.807) is 12.1 Å². The van der Waals surface area contributed by atoms with E-state index in [1.165, 1.54) is 23.3 Å². The maximum absolute atomic E-state index is 13.0. The summed E-state index contributed by atoms with van der Waals surface area (Å²) in [6.45, 7) is 0. The lowest BCUT2D eigenvalue weighted by Crippen LogP contribution is -2.46. The van der Waals surface area contributed by atoms with Crippen LogP contribution >= 0.6 is 0 Å². The summed E-state index contributed by atoms with van der Waals surface area (Å²) in [6.07, 6.45) is 6.17. The van der Waals surface area contributed by atoms with Gasteiger partial charge in [0.25, 0.3) is 0 Å². The van der Waals surface area contributed by atoms with Crippen molar-refractivity contribution in [2.45, 2.75) is 24.8 Å². The molecule has 26 heavy (non-hydrogen) atoms. The second-order valence-corrected chi connectivity index (χ2v) is 7.26. The van der Waals surface area contributed by atoms with Crippen molar-refractivity contribution in [1.29, 1.82) is 0 Å². The van der Waals surface area contributed by atoms with Gasteiger partial charge in [-0.2, -0.15) is 0 Å². The van der Waals surface area contributed by atoms with Crippen LogP contribution in [0.2, 0.25) is 0 Å². The summed E-state index contributed by atoms with van der Waals surface area (Å²) in [5, 5.41) is 2.86. The third-order valence-electron chi connectivity index (χ3n) is 5.66. The Balaban J connectivity index is 1.30. The molecule has 5 heteroatoms. The Kier molecular flexibility index (Phi) is 3.26. The highest BCUT2D eigenvalue weighted by Crippen LogP contribution is 2.57. The smallest absolute Gasteiger partial charge is 0.224 e. The van der Waals surface area contributed by atoms with E-state index in [0.717, 1.165) is 18.5 Å². The number of benzene rings is 2. The first-order chi connectivity index (χ1) is 12.7. The molecule has 1 aliphatic heterocycles. The SMILES string of the molecule is O=C(CC1CC2(C1)c1ccccc1-c1cncn12)Nc1ccc(F)cc1. The molecule has 0 bridgehead atoms. The first kappa shape index (κ1) is 15.3. The summed E-state index contributed by atoms with van der Waals surface area (Å²) < 4.78 is 15.2. The molecule has 5 rings (SSSR count). The van der Waals surface area contributed by atoms with Crippen molar-refractivity contribution in [3.05, 3.63) is 72.4 Å². The molecule has 2 aromatic carbocycles. The van der Waals surface area contributed by atoms with Gasteiger partial charge in [0.2, 0.25) is 5.91 Å². The average Bonchev–Trinajstić information content (AvgIpc) is 3.18. The molecule has 2 aliphatic rings. The van der Waals surface area contributed by atoms with Crippen LogP contribution in [0.3, 0.4) is 0 Å². The molecule has 1 N–H and O–H groups in total. The third-order valence-corrected chi connectivity index (χ3v) is 5.66. The van der Waals surface area contributed by atoms with Crippen LogP contribution in [-0.4, -0.2) is 15.5 Å². The second kappa shape index (κ2) is 5.53. The van der Waals surface area contributed by atoms with E-state index >= 15 is 0 Å². The number of carbonyl (C=O) groups is 1. The van der Waals surface area contributed by atoms with Gasteiger partial charge < -0.3 is 9.88 Å². The van der Waals surface area contributed by atoms with Crippen LogP contribution < -0.4 is 5.32 Å². The number of hydrogen-bond donors (Lipinski definition) is 1. The Morgan fingerprint density at radius 2 is 1.96 bits per heavy atom. The number of aromatic nitrogens is 2. The maximum atomic E-state index is 13.0. The molecule has 1 spiro atoms. The van der Waals surface area contributed by atoms with E-state index in [1.807, 2.05) is 12.5 Å². The lowest BCUT2D eigenvalue weighted by molar-refractivity contribution is -0.118. The monoisotopic (exact) mass is 347 g/mol. The minimum Gasteiger partial charge on any atom is -0.326 e. The van der Waals surface area contributed by atoms with Crippen molar-refractivity contribution >= 4 is 11.6 Å². The molecule has 0 atom stereocenters. The number of anilines is 1. The number of nitrogens with zero attached hydrogens (tertiary/aromatic N) is 2. The standard InChI is InChI=1S/C21H18FN3O/c22-15-5-7-16(8-6-15)24-20(26)9-14-10-21(11-14)18-4-2-1-3-17(18)19-12-23-13-25(19)21/h1-8,12-14H,9-11H2,(H,24,26). The molecule has 1 fully saturated rings. The molecule has 0 radical (unpaired) electrons. The first-order valence-electron chi connectivity index (χ1n) is 8.84. The minimum absolute atomic E-state index is 0.0198. The van der Waals surface area contributed by atoms with Gasteiger partial charge in [-0.15, -0.1) is 0 Å². The van der Waals surface area contributed by atoms with Crippen LogP contribution in [0.4, 0.5) is 10.1 Å². The van der Waals surface area contributed by atoms with Crippen LogP contribution in [0.5, 0.6) is 0 Å². The Labute approximate surface area is 150 Å². The third kappa shape index (κ3) is 2.20. The van der Waals surface area contributed by atoms with Gasteiger partial charge in [-0.05, 0) is 48.6 Å². The van der Waals surface area contributed by atoms with Gasteiger partial charge in [0.15, 0.2) is 0 Å². The lowest BCUT2D eigenvalue weighted by Gasteiger charge is -2.47. The normalized spacial score (nSPS) is 22.6.